The molecular formula is C18H26F6O. The van der Waals surface area contributed by atoms with Gasteiger partial charge in [-0.3, -0.25) is 0 Å². The summed E-state index contributed by atoms with van der Waals surface area (Å²) in [7, 11) is 0. The summed E-state index contributed by atoms with van der Waals surface area (Å²) in [6, 6.07) is 0. The van der Waals surface area contributed by atoms with Gasteiger partial charge in [-0.2, -0.15) is 26.3 Å². The van der Waals surface area contributed by atoms with Crippen LogP contribution in [0.15, 0.2) is 11.6 Å². The van der Waals surface area contributed by atoms with Crippen LogP contribution in [0.5, 0.6) is 0 Å². The number of halogens is 6. The summed E-state index contributed by atoms with van der Waals surface area (Å²) in [6.45, 7) is 4.04. The van der Waals surface area contributed by atoms with Crippen molar-refractivity contribution in [3.8, 4) is 0 Å². The molecule has 0 saturated heterocycles. The molecule has 7 heteroatoms. The molecule has 1 N–H and O–H groups in total. The van der Waals surface area contributed by atoms with E-state index in [1.165, 1.54) is 0 Å². The summed E-state index contributed by atoms with van der Waals surface area (Å²) in [5.74, 6) is 0.463. The monoisotopic (exact) mass is 372 g/mol. The van der Waals surface area contributed by atoms with Crippen molar-refractivity contribution in [3.63, 3.8) is 0 Å². The maximum absolute atomic E-state index is 12.6. The van der Waals surface area contributed by atoms with Crippen molar-refractivity contribution in [2.24, 2.45) is 23.2 Å². The maximum atomic E-state index is 12.6. The number of rotatable bonds is 4. The molecular weight excluding hydrogens is 346 g/mol. The van der Waals surface area contributed by atoms with Gasteiger partial charge in [0, 0.05) is 0 Å². The van der Waals surface area contributed by atoms with Gasteiger partial charge >= 0.3 is 12.4 Å². The molecule has 25 heavy (non-hydrogen) atoms. The van der Waals surface area contributed by atoms with Gasteiger partial charge in [-0.1, -0.05) is 26.3 Å². The number of fused-ring (bicyclic) bond motifs is 1. The molecule has 5 atom stereocenters. The van der Waals surface area contributed by atoms with Gasteiger partial charge in [0.05, 0.1) is 6.10 Å². The fourth-order valence-electron chi connectivity index (χ4n) is 5.21. The van der Waals surface area contributed by atoms with Gasteiger partial charge in [-0.15, -0.1) is 0 Å². The standard InChI is InChI=1S/C18H26F6O/c1-11(5-3-7-15(17(19,20)21)18(22,23)24)12-8-9-13-14(25)6-4-10-16(12,13)2/h7,11-14,25H,3-6,8-10H2,1-2H3/t11-,12-,13+,14+,16-/m1/s1. The molecule has 2 aliphatic rings. The molecule has 0 radical (unpaired) electrons. The Labute approximate surface area is 144 Å². The largest absolute Gasteiger partial charge is 0.420 e. The molecule has 2 fully saturated rings. The third-order valence-corrected chi connectivity index (χ3v) is 6.43. The Morgan fingerprint density at radius 2 is 1.72 bits per heavy atom. The zero-order chi connectivity index (χ0) is 19.0. The highest BCUT2D eigenvalue weighted by Gasteiger charge is 2.52. The summed E-state index contributed by atoms with van der Waals surface area (Å²) < 4.78 is 75.3. The van der Waals surface area contributed by atoms with Crippen molar-refractivity contribution in [2.45, 2.75) is 77.2 Å². The summed E-state index contributed by atoms with van der Waals surface area (Å²) in [5.41, 5.74) is -2.46. The van der Waals surface area contributed by atoms with Crippen molar-refractivity contribution in [1.29, 1.82) is 0 Å². The molecule has 2 aliphatic carbocycles. The quantitative estimate of drug-likeness (QED) is 0.472. The lowest BCUT2D eigenvalue weighted by Crippen LogP contribution is -2.41. The molecule has 0 unspecified atom stereocenters. The van der Waals surface area contributed by atoms with Crippen LogP contribution in [0.2, 0.25) is 0 Å². The summed E-state index contributed by atoms with van der Waals surface area (Å²) in [6.07, 6.45) is -6.30. The highest BCUT2D eigenvalue weighted by atomic mass is 19.4. The second-order valence-corrected chi connectivity index (χ2v) is 7.92. The Morgan fingerprint density at radius 3 is 2.28 bits per heavy atom. The fraction of sp³-hybridized carbons (Fsp3) is 0.889. The van der Waals surface area contributed by atoms with E-state index < -0.39 is 17.9 Å². The highest BCUT2D eigenvalue weighted by molar-refractivity contribution is 5.15. The Morgan fingerprint density at radius 1 is 1.12 bits per heavy atom. The minimum Gasteiger partial charge on any atom is -0.393 e. The van der Waals surface area contributed by atoms with E-state index in [9.17, 15) is 31.4 Å². The number of allylic oxidation sites excluding steroid dienone is 2. The van der Waals surface area contributed by atoms with E-state index in [2.05, 4.69) is 6.92 Å². The first-order chi connectivity index (χ1) is 11.4. The minimum atomic E-state index is -5.38. The molecule has 0 aromatic carbocycles. The molecule has 0 amide bonds. The van der Waals surface area contributed by atoms with Crippen LogP contribution >= 0.6 is 0 Å². The van der Waals surface area contributed by atoms with Crippen LogP contribution < -0.4 is 0 Å². The molecule has 0 aliphatic heterocycles. The van der Waals surface area contributed by atoms with Crippen LogP contribution in [0.3, 0.4) is 0 Å². The molecule has 2 saturated carbocycles. The second kappa shape index (κ2) is 7.12. The van der Waals surface area contributed by atoms with Gasteiger partial charge < -0.3 is 5.11 Å². The normalized spacial score (nSPS) is 34.5. The van der Waals surface area contributed by atoms with E-state index in [1.807, 2.05) is 6.92 Å². The third-order valence-electron chi connectivity index (χ3n) is 6.43. The van der Waals surface area contributed by atoms with Crippen molar-refractivity contribution in [2.75, 3.05) is 0 Å². The van der Waals surface area contributed by atoms with Crippen molar-refractivity contribution >= 4 is 0 Å². The third kappa shape index (κ3) is 4.34. The van der Waals surface area contributed by atoms with E-state index >= 15 is 0 Å². The van der Waals surface area contributed by atoms with Crippen LogP contribution in [0, 0.1) is 23.2 Å². The summed E-state index contributed by atoms with van der Waals surface area (Å²) in [5, 5.41) is 10.2. The number of hydrogen-bond acceptors (Lipinski definition) is 1. The predicted octanol–water partition coefficient (Wildman–Crippen LogP) is 6.03. The van der Waals surface area contributed by atoms with E-state index in [0.29, 0.717) is 12.5 Å². The van der Waals surface area contributed by atoms with Crippen molar-refractivity contribution in [1.82, 2.24) is 0 Å². The molecule has 0 aromatic rings. The van der Waals surface area contributed by atoms with E-state index in [1.54, 1.807) is 0 Å². The Hall–Kier alpha value is -0.720. The van der Waals surface area contributed by atoms with E-state index in [-0.39, 0.29) is 35.7 Å². The van der Waals surface area contributed by atoms with Gasteiger partial charge in [0.25, 0.3) is 0 Å². The second-order valence-electron chi connectivity index (χ2n) is 7.92. The zero-order valence-electron chi connectivity index (χ0n) is 14.6. The van der Waals surface area contributed by atoms with Gasteiger partial charge in [-0.05, 0) is 61.7 Å². The van der Waals surface area contributed by atoms with Crippen LogP contribution in [0.25, 0.3) is 0 Å². The summed E-state index contributed by atoms with van der Waals surface area (Å²) in [4.78, 5) is 0. The van der Waals surface area contributed by atoms with Crippen LogP contribution in [0.1, 0.15) is 58.8 Å². The smallest absolute Gasteiger partial charge is 0.393 e. The lowest BCUT2D eigenvalue weighted by molar-refractivity contribution is -0.172. The topological polar surface area (TPSA) is 20.2 Å². The van der Waals surface area contributed by atoms with Gasteiger partial charge in [0.15, 0.2) is 0 Å². The zero-order valence-corrected chi connectivity index (χ0v) is 14.6. The Kier molecular flexibility index (Phi) is 5.87. The number of aliphatic hydroxyl groups is 1. The van der Waals surface area contributed by atoms with E-state index in [4.69, 9.17) is 0 Å². The Balaban J connectivity index is 2.03. The number of alkyl halides is 6. The van der Waals surface area contributed by atoms with Crippen LogP contribution in [-0.2, 0) is 0 Å². The molecule has 0 heterocycles. The van der Waals surface area contributed by atoms with Crippen LogP contribution in [-0.4, -0.2) is 23.6 Å². The van der Waals surface area contributed by atoms with E-state index in [0.717, 1.165) is 32.1 Å². The maximum Gasteiger partial charge on any atom is 0.420 e. The van der Waals surface area contributed by atoms with Crippen molar-refractivity contribution < 1.29 is 31.4 Å². The molecule has 0 aromatic heterocycles. The molecule has 2 rings (SSSR count). The first-order valence-corrected chi connectivity index (χ1v) is 8.90. The molecule has 146 valence electrons. The average molecular weight is 372 g/mol. The first kappa shape index (κ1) is 20.6. The minimum absolute atomic E-state index is 0.0271. The highest BCUT2D eigenvalue weighted by Crippen LogP contribution is 2.58. The van der Waals surface area contributed by atoms with Gasteiger partial charge in [0.2, 0.25) is 0 Å². The predicted molar refractivity (Wildman–Crippen MR) is 82.8 cm³/mol. The van der Waals surface area contributed by atoms with Gasteiger partial charge in [-0.25, -0.2) is 0 Å². The average Bonchev–Trinajstić information content (AvgIpc) is 2.79. The molecule has 1 nitrogen and oxygen atoms in total. The van der Waals surface area contributed by atoms with Gasteiger partial charge in [0.1, 0.15) is 5.57 Å². The molecule has 0 spiro atoms. The van der Waals surface area contributed by atoms with Crippen LogP contribution in [0.4, 0.5) is 26.3 Å². The lowest BCUT2D eigenvalue weighted by atomic mass is 9.61. The Bertz CT molecular complexity index is 479. The first-order valence-electron chi connectivity index (χ1n) is 8.90. The number of aliphatic hydroxyl groups excluding tert-OH is 1. The molecule has 0 bridgehead atoms. The van der Waals surface area contributed by atoms with Crippen molar-refractivity contribution in [3.05, 3.63) is 11.6 Å². The lowest BCUT2D eigenvalue weighted by Gasteiger charge is -2.45. The summed E-state index contributed by atoms with van der Waals surface area (Å²) >= 11 is 0. The SMILES string of the molecule is C[C@H](CCC=C(C(F)(F)F)C(F)(F)F)[C@H]1CC[C@H]2[C@@H](O)CCC[C@]12C. The fourth-order valence-corrected chi connectivity index (χ4v) is 5.21. The number of hydrogen-bond donors (Lipinski definition) is 1.